The molecule has 1 fully saturated rings. The van der Waals surface area contributed by atoms with E-state index in [1.807, 2.05) is 23.1 Å². The molecule has 1 aliphatic rings. The Kier molecular flexibility index (Phi) is 4.44. The van der Waals surface area contributed by atoms with Gasteiger partial charge in [0.05, 0.1) is 11.8 Å². The fraction of sp³-hybridized carbons (Fsp3) is 0.211. The zero-order chi connectivity index (χ0) is 18.1. The number of aliphatic hydroxyl groups is 1. The number of pyridine rings is 1. The summed E-state index contributed by atoms with van der Waals surface area (Å²) in [6, 6.07) is 10.5. The van der Waals surface area contributed by atoms with Gasteiger partial charge >= 0.3 is 0 Å². The number of aromatic hydroxyl groups is 1. The Morgan fingerprint density at radius 1 is 1.15 bits per heavy atom. The minimum absolute atomic E-state index is 0.0562. The Hall–Kier alpha value is -2.70. The molecule has 1 saturated heterocycles. The first kappa shape index (κ1) is 16.8. The minimum atomic E-state index is -0.362. The van der Waals surface area contributed by atoms with Gasteiger partial charge in [0.15, 0.2) is 5.82 Å². The van der Waals surface area contributed by atoms with Crippen LogP contribution in [-0.4, -0.2) is 44.4 Å². The summed E-state index contributed by atoms with van der Waals surface area (Å²) < 4.78 is 0. The van der Waals surface area contributed by atoms with Crippen LogP contribution in [-0.2, 0) is 0 Å². The molecule has 2 aromatic heterocycles. The highest BCUT2D eigenvalue weighted by Gasteiger charge is 2.23. The van der Waals surface area contributed by atoms with Crippen LogP contribution in [0, 0.1) is 0 Å². The summed E-state index contributed by atoms with van der Waals surface area (Å²) in [5, 5.41) is 20.6. The van der Waals surface area contributed by atoms with Crippen molar-refractivity contribution in [3.63, 3.8) is 0 Å². The van der Waals surface area contributed by atoms with E-state index >= 15 is 0 Å². The van der Waals surface area contributed by atoms with Crippen molar-refractivity contribution in [1.82, 2.24) is 15.0 Å². The molecule has 7 heteroatoms. The van der Waals surface area contributed by atoms with Gasteiger partial charge in [0.25, 0.3) is 0 Å². The Balaban J connectivity index is 1.85. The maximum Gasteiger partial charge on any atom is 0.163 e. The number of β-amino-alcohol motifs (C(OH)–C–C–N with tert-alkyl or cyclic N) is 1. The summed E-state index contributed by atoms with van der Waals surface area (Å²) in [5.41, 5.74) is 1.94. The number of phenolic OH excluding ortho intramolecular Hbond substituents is 1. The van der Waals surface area contributed by atoms with Crippen LogP contribution in [0.15, 0.2) is 48.8 Å². The molecule has 6 nitrogen and oxygen atoms in total. The number of aliphatic hydroxyl groups excluding tert-OH is 1. The Labute approximate surface area is 155 Å². The van der Waals surface area contributed by atoms with Crippen molar-refractivity contribution >= 4 is 17.4 Å². The van der Waals surface area contributed by atoms with Crippen molar-refractivity contribution < 1.29 is 10.2 Å². The molecule has 0 spiro atoms. The van der Waals surface area contributed by atoms with E-state index < -0.39 is 0 Å². The van der Waals surface area contributed by atoms with Crippen molar-refractivity contribution in [3.8, 4) is 28.4 Å². The van der Waals surface area contributed by atoms with Crippen molar-refractivity contribution in [2.45, 2.75) is 12.5 Å². The van der Waals surface area contributed by atoms with Crippen molar-refractivity contribution in [2.75, 3.05) is 18.0 Å². The summed E-state index contributed by atoms with van der Waals surface area (Å²) in [6.07, 6.45) is 3.73. The van der Waals surface area contributed by atoms with Crippen LogP contribution in [0.1, 0.15) is 6.42 Å². The summed E-state index contributed by atoms with van der Waals surface area (Å²) in [5.74, 6) is 1.28. The number of benzene rings is 1. The lowest BCUT2D eigenvalue weighted by Gasteiger charge is -2.18. The van der Waals surface area contributed by atoms with E-state index in [1.165, 1.54) is 6.07 Å². The first-order valence-corrected chi connectivity index (χ1v) is 8.69. The molecule has 3 aromatic rings. The number of aromatic nitrogens is 3. The van der Waals surface area contributed by atoms with E-state index in [2.05, 4.69) is 15.0 Å². The third-order valence-electron chi connectivity index (χ3n) is 4.36. The highest BCUT2D eigenvalue weighted by atomic mass is 35.5. The van der Waals surface area contributed by atoms with Crippen molar-refractivity contribution in [1.29, 1.82) is 0 Å². The Morgan fingerprint density at radius 3 is 2.73 bits per heavy atom. The highest BCUT2D eigenvalue weighted by Crippen LogP contribution is 2.33. The third-order valence-corrected chi connectivity index (χ3v) is 4.59. The number of hydrogen-bond donors (Lipinski definition) is 2. The maximum atomic E-state index is 10.3. The molecule has 4 rings (SSSR count). The SMILES string of the molecule is Oc1cc(Cl)ccc1-c1cc(N2CCC(O)C2)nc(-c2cccnc2)n1. The molecule has 1 atom stereocenters. The quantitative estimate of drug-likeness (QED) is 0.739. The van der Waals surface area contributed by atoms with Gasteiger partial charge in [0, 0.05) is 47.7 Å². The van der Waals surface area contributed by atoms with Crippen LogP contribution in [0.2, 0.25) is 5.02 Å². The summed E-state index contributed by atoms with van der Waals surface area (Å²) in [7, 11) is 0. The minimum Gasteiger partial charge on any atom is -0.507 e. The second kappa shape index (κ2) is 6.90. The largest absolute Gasteiger partial charge is 0.507 e. The van der Waals surface area contributed by atoms with Gasteiger partial charge in [-0.1, -0.05) is 11.6 Å². The smallest absolute Gasteiger partial charge is 0.163 e. The molecular weight excluding hydrogens is 352 g/mol. The van der Waals surface area contributed by atoms with E-state index in [-0.39, 0.29) is 11.9 Å². The molecule has 0 aliphatic carbocycles. The normalized spacial score (nSPS) is 16.8. The lowest BCUT2D eigenvalue weighted by atomic mass is 10.1. The van der Waals surface area contributed by atoms with Gasteiger partial charge in [-0.2, -0.15) is 0 Å². The molecule has 1 unspecified atom stereocenters. The molecule has 2 N–H and O–H groups in total. The van der Waals surface area contributed by atoms with Gasteiger partial charge in [0.1, 0.15) is 11.6 Å². The average molecular weight is 369 g/mol. The summed E-state index contributed by atoms with van der Waals surface area (Å²) in [6.45, 7) is 1.24. The van der Waals surface area contributed by atoms with Crippen LogP contribution < -0.4 is 4.90 Å². The van der Waals surface area contributed by atoms with Gasteiger partial charge in [-0.15, -0.1) is 0 Å². The predicted octanol–water partition coefficient (Wildman–Crippen LogP) is 3.14. The van der Waals surface area contributed by atoms with Gasteiger partial charge in [-0.3, -0.25) is 4.98 Å². The molecule has 26 heavy (non-hydrogen) atoms. The maximum absolute atomic E-state index is 10.3. The Bertz CT molecular complexity index is 936. The van der Waals surface area contributed by atoms with Crippen LogP contribution in [0.4, 0.5) is 5.82 Å². The van der Waals surface area contributed by atoms with E-state index in [0.717, 1.165) is 12.1 Å². The predicted molar refractivity (Wildman–Crippen MR) is 100 cm³/mol. The molecule has 0 saturated carbocycles. The zero-order valence-electron chi connectivity index (χ0n) is 13.9. The lowest BCUT2D eigenvalue weighted by Crippen LogP contribution is -2.22. The van der Waals surface area contributed by atoms with Crippen molar-refractivity contribution in [3.05, 3.63) is 53.8 Å². The Morgan fingerprint density at radius 2 is 2.04 bits per heavy atom. The van der Waals surface area contributed by atoms with Gasteiger partial charge in [-0.05, 0) is 36.8 Å². The van der Waals surface area contributed by atoms with Gasteiger partial charge in [-0.25, -0.2) is 9.97 Å². The fourth-order valence-corrected chi connectivity index (χ4v) is 3.20. The first-order chi connectivity index (χ1) is 12.6. The van der Waals surface area contributed by atoms with Crippen LogP contribution in [0.5, 0.6) is 5.75 Å². The molecule has 0 bridgehead atoms. The standard InChI is InChI=1S/C19H17ClN4O2/c20-13-3-4-15(17(26)8-13)16-9-18(24-7-5-14(25)11-24)23-19(22-16)12-2-1-6-21-10-12/h1-4,6,8-10,14,25-26H,5,7,11H2. The van der Waals surface area contributed by atoms with Crippen molar-refractivity contribution in [2.24, 2.45) is 0 Å². The average Bonchev–Trinajstić information content (AvgIpc) is 3.08. The number of rotatable bonds is 3. The second-order valence-electron chi connectivity index (χ2n) is 6.23. The number of halogens is 1. The van der Waals surface area contributed by atoms with E-state index in [9.17, 15) is 10.2 Å². The van der Waals surface area contributed by atoms with Crippen LogP contribution in [0.3, 0.4) is 0 Å². The van der Waals surface area contributed by atoms with Crippen LogP contribution >= 0.6 is 11.6 Å². The van der Waals surface area contributed by atoms with E-state index in [0.29, 0.717) is 40.9 Å². The highest BCUT2D eigenvalue weighted by molar-refractivity contribution is 6.30. The molecule has 1 aliphatic heterocycles. The van der Waals surface area contributed by atoms with E-state index in [4.69, 9.17) is 11.6 Å². The van der Waals surface area contributed by atoms with Gasteiger partial charge in [0.2, 0.25) is 0 Å². The first-order valence-electron chi connectivity index (χ1n) is 8.31. The zero-order valence-corrected chi connectivity index (χ0v) is 14.6. The molecule has 1 aromatic carbocycles. The second-order valence-corrected chi connectivity index (χ2v) is 6.66. The molecule has 3 heterocycles. The molecule has 132 valence electrons. The fourth-order valence-electron chi connectivity index (χ4n) is 3.03. The van der Waals surface area contributed by atoms with Gasteiger partial charge < -0.3 is 15.1 Å². The number of anilines is 1. The topological polar surface area (TPSA) is 82.4 Å². The molecule has 0 amide bonds. The van der Waals surface area contributed by atoms with E-state index in [1.54, 1.807) is 24.5 Å². The summed E-state index contributed by atoms with van der Waals surface area (Å²) in [4.78, 5) is 15.4. The summed E-state index contributed by atoms with van der Waals surface area (Å²) >= 11 is 5.95. The monoisotopic (exact) mass is 368 g/mol. The lowest BCUT2D eigenvalue weighted by molar-refractivity contribution is 0.198. The van der Waals surface area contributed by atoms with Crippen LogP contribution in [0.25, 0.3) is 22.6 Å². The third kappa shape index (κ3) is 3.34. The molecular formula is C19H17ClN4O2. The number of nitrogens with zero attached hydrogens (tertiary/aromatic N) is 4. The molecule has 0 radical (unpaired) electrons. The number of phenols is 1. The number of hydrogen-bond acceptors (Lipinski definition) is 6.